The first-order valence-corrected chi connectivity index (χ1v) is 11.9. The number of aliphatic hydroxyl groups excluding tert-OH is 1. The van der Waals surface area contributed by atoms with Gasteiger partial charge in [-0.05, 0) is 60.7 Å². The molecule has 38 heavy (non-hydrogen) atoms. The number of halogens is 3. The maximum absolute atomic E-state index is 12.7. The number of benzene rings is 2. The van der Waals surface area contributed by atoms with Gasteiger partial charge in [-0.3, -0.25) is 0 Å². The maximum atomic E-state index is 12.7. The molecule has 196 valence electrons. The SMILES string of the molecule is N#Cc1cc(OCc2coc(/C=C/c3ccc(C(F)(F)F)cc3)n2)ccc1CCCCn1ccnc1CO. The number of nitriles is 1. The van der Waals surface area contributed by atoms with E-state index in [1.807, 2.05) is 16.8 Å². The Morgan fingerprint density at radius 1 is 1.11 bits per heavy atom. The molecule has 0 atom stereocenters. The van der Waals surface area contributed by atoms with Crippen LogP contribution in [0.15, 0.2) is 65.5 Å². The number of hydrogen-bond acceptors (Lipinski definition) is 6. The molecular weight excluding hydrogens is 497 g/mol. The van der Waals surface area contributed by atoms with Gasteiger partial charge in [-0.1, -0.05) is 18.2 Å². The second-order valence-electron chi connectivity index (χ2n) is 8.50. The topological polar surface area (TPSA) is 97.1 Å². The van der Waals surface area contributed by atoms with Crippen LogP contribution in [0.4, 0.5) is 13.2 Å². The van der Waals surface area contributed by atoms with Crippen molar-refractivity contribution < 1.29 is 27.4 Å². The second-order valence-corrected chi connectivity index (χ2v) is 8.50. The lowest BCUT2D eigenvalue weighted by molar-refractivity contribution is -0.137. The Morgan fingerprint density at radius 3 is 2.66 bits per heavy atom. The maximum Gasteiger partial charge on any atom is 0.416 e. The van der Waals surface area contributed by atoms with E-state index in [0.717, 1.165) is 43.5 Å². The molecule has 0 aliphatic heterocycles. The fourth-order valence-electron chi connectivity index (χ4n) is 3.83. The summed E-state index contributed by atoms with van der Waals surface area (Å²) >= 11 is 0. The van der Waals surface area contributed by atoms with E-state index >= 15 is 0 Å². The fraction of sp³-hybridized carbons (Fsp3) is 0.250. The highest BCUT2D eigenvalue weighted by Crippen LogP contribution is 2.29. The molecule has 10 heteroatoms. The molecule has 0 saturated heterocycles. The molecule has 0 radical (unpaired) electrons. The van der Waals surface area contributed by atoms with E-state index in [0.29, 0.717) is 34.3 Å². The molecule has 2 aromatic carbocycles. The first kappa shape index (κ1) is 26.7. The van der Waals surface area contributed by atoms with E-state index < -0.39 is 11.7 Å². The molecule has 0 aliphatic rings. The van der Waals surface area contributed by atoms with Gasteiger partial charge in [-0.15, -0.1) is 0 Å². The Balaban J connectivity index is 1.27. The van der Waals surface area contributed by atoms with Crippen LogP contribution in [0.2, 0.25) is 0 Å². The van der Waals surface area contributed by atoms with Crippen molar-refractivity contribution in [1.29, 1.82) is 5.26 Å². The molecule has 2 heterocycles. The summed E-state index contributed by atoms with van der Waals surface area (Å²) in [6.07, 6.45) is 6.24. The summed E-state index contributed by atoms with van der Waals surface area (Å²) in [5.74, 6) is 1.46. The van der Waals surface area contributed by atoms with Gasteiger partial charge < -0.3 is 18.8 Å². The summed E-state index contributed by atoms with van der Waals surface area (Å²) in [4.78, 5) is 8.39. The van der Waals surface area contributed by atoms with Gasteiger partial charge in [0.2, 0.25) is 5.89 Å². The number of ether oxygens (including phenoxy) is 1. The summed E-state index contributed by atoms with van der Waals surface area (Å²) in [6.45, 7) is 0.778. The van der Waals surface area contributed by atoms with Crippen molar-refractivity contribution in [2.45, 2.75) is 45.2 Å². The Hall–Kier alpha value is -4.36. The molecule has 7 nitrogen and oxygen atoms in total. The van der Waals surface area contributed by atoms with Gasteiger partial charge in [0.15, 0.2) is 0 Å². The molecular formula is C28H25F3N4O3. The van der Waals surface area contributed by atoms with E-state index in [4.69, 9.17) is 9.15 Å². The number of hydrogen-bond donors (Lipinski definition) is 1. The van der Waals surface area contributed by atoms with Gasteiger partial charge in [0, 0.05) is 25.0 Å². The minimum Gasteiger partial charge on any atom is -0.487 e. The number of alkyl halides is 3. The van der Waals surface area contributed by atoms with E-state index in [9.17, 15) is 23.5 Å². The van der Waals surface area contributed by atoms with Crippen LogP contribution in [0.1, 0.15) is 52.5 Å². The number of rotatable bonds is 11. The van der Waals surface area contributed by atoms with E-state index in [1.165, 1.54) is 18.4 Å². The molecule has 4 rings (SSSR count). The highest BCUT2D eigenvalue weighted by molar-refractivity contribution is 5.66. The minimum absolute atomic E-state index is 0.0951. The van der Waals surface area contributed by atoms with Crippen LogP contribution in [0.25, 0.3) is 12.2 Å². The number of aryl methyl sites for hydroxylation is 2. The first-order chi connectivity index (χ1) is 18.4. The highest BCUT2D eigenvalue weighted by Gasteiger charge is 2.29. The van der Waals surface area contributed by atoms with Crippen molar-refractivity contribution in [1.82, 2.24) is 14.5 Å². The van der Waals surface area contributed by atoms with Crippen LogP contribution in [0, 0.1) is 11.3 Å². The molecule has 4 aromatic rings. The van der Waals surface area contributed by atoms with Crippen molar-refractivity contribution in [3.8, 4) is 11.8 Å². The van der Waals surface area contributed by atoms with Crippen molar-refractivity contribution in [3.05, 3.63) is 101 Å². The Kier molecular flexibility index (Phi) is 8.61. The highest BCUT2D eigenvalue weighted by atomic mass is 19.4. The third-order valence-corrected chi connectivity index (χ3v) is 5.85. The van der Waals surface area contributed by atoms with Crippen molar-refractivity contribution in [2.75, 3.05) is 0 Å². The molecule has 0 fully saturated rings. The largest absolute Gasteiger partial charge is 0.487 e. The number of imidazole rings is 1. The molecule has 0 amide bonds. The van der Waals surface area contributed by atoms with E-state index in [2.05, 4.69) is 16.0 Å². The Bertz CT molecular complexity index is 1420. The van der Waals surface area contributed by atoms with E-state index in [-0.39, 0.29) is 13.2 Å². The average Bonchev–Trinajstić information content (AvgIpc) is 3.58. The lowest BCUT2D eigenvalue weighted by Gasteiger charge is -2.09. The summed E-state index contributed by atoms with van der Waals surface area (Å²) in [6, 6.07) is 12.4. The molecule has 0 spiro atoms. The summed E-state index contributed by atoms with van der Waals surface area (Å²) in [5.41, 5.74) is 1.88. The monoisotopic (exact) mass is 522 g/mol. The van der Waals surface area contributed by atoms with Crippen LogP contribution in [-0.2, 0) is 32.4 Å². The Morgan fingerprint density at radius 2 is 1.92 bits per heavy atom. The smallest absolute Gasteiger partial charge is 0.416 e. The molecule has 1 N–H and O–H groups in total. The number of aliphatic hydroxyl groups is 1. The van der Waals surface area contributed by atoms with Crippen LogP contribution in [0.3, 0.4) is 0 Å². The third kappa shape index (κ3) is 7.11. The van der Waals surface area contributed by atoms with E-state index in [1.54, 1.807) is 30.5 Å². The lowest BCUT2D eigenvalue weighted by Crippen LogP contribution is -2.03. The van der Waals surface area contributed by atoms with Gasteiger partial charge >= 0.3 is 6.18 Å². The van der Waals surface area contributed by atoms with Crippen molar-refractivity contribution >= 4 is 12.2 Å². The molecule has 0 bridgehead atoms. The van der Waals surface area contributed by atoms with Crippen LogP contribution >= 0.6 is 0 Å². The minimum atomic E-state index is -4.37. The number of nitrogens with zero attached hydrogens (tertiary/aromatic N) is 4. The predicted octanol–water partition coefficient (Wildman–Crippen LogP) is 6.03. The molecule has 2 aromatic heterocycles. The summed E-state index contributed by atoms with van der Waals surface area (Å²) < 4.78 is 51.1. The van der Waals surface area contributed by atoms with Crippen molar-refractivity contribution in [2.24, 2.45) is 0 Å². The van der Waals surface area contributed by atoms with Crippen molar-refractivity contribution in [3.63, 3.8) is 0 Å². The first-order valence-electron chi connectivity index (χ1n) is 11.9. The fourth-order valence-corrected chi connectivity index (χ4v) is 3.83. The zero-order chi connectivity index (χ0) is 27.0. The van der Waals surface area contributed by atoms with Crippen LogP contribution in [-0.4, -0.2) is 19.6 Å². The summed E-state index contributed by atoms with van der Waals surface area (Å²) in [7, 11) is 0. The zero-order valence-electron chi connectivity index (χ0n) is 20.4. The van der Waals surface area contributed by atoms with Gasteiger partial charge in [-0.2, -0.15) is 18.4 Å². The third-order valence-electron chi connectivity index (χ3n) is 5.85. The Labute approximate surface area is 217 Å². The standard InChI is InChI=1S/C28H25F3N4O3/c29-28(30,31)23-8-4-20(5-9-23)6-11-27-34-24(19-38-27)18-37-25-10-7-21(22(15-25)16-32)3-1-2-13-35-14-12-33-26(35)17-36/h4-12,14-15,19,36H,1-3,13,17-18H2/b11-6+. The average molecular weight is 523 g/mol. The lowest BCUT2D eigenvalue weighted by atomic mass is 10.0. The number of oxazole rings is 1. The van der Waals surface area contributed by atoms with Gasteiger partial charge in [0.1, 0.15) is 36.7 Å². The molecule has 0 unspecified atom stereocenters. The second kappa shape index (κ2) is 12.3. The normalized spacial score (nSPS) is 11.7. The predicted molar refractivity (Wildman–Crippen MR) is 133 cm³/mol. The molecule has 0 aliphatic carbocycles. The number of aromatic nitrogens is 3. The van der Waals surface area contributed by atoms with Crippen LogP contribution in [0.5, 0.6) is 5.75 Å². The van der Waals surface area contributed by atoms with Gasteiger partial charge in [-0.25, -0.2) is 9.97 Å². The quantitative estimate of drug-likeness (QED) is 0.242. The number of unbranched alkanes of at least 4 members (excludes halogenated alkanes) is 1. The van der Waals surface area contributed by atoms with Crippen LogP contribution < -0.4 is 4.74 Å². The molecule has 0 saturated carbocycles. The van der Waals surface area contributed by atoms with Gasteiger partial charge in [0.05, 0.1) is 17.2 Å². The van der Waals surface area contributed by atoms with Gasteiger partial charge in [0.25, 0.3) is 0 Å². The summed E-state index contributed by atoms with van der Waals surface area (Å²) in [5, 5.41) is 18.9. The zero-order valence-corrected chi connectivity index (χ0v) is 20.4.